The summed E-state index contributed by atoms with van der Waals surface area (Å²) in [6, 6.07) is 4.13. The van der Waals surface area contributed by atoms with Crippen LogP contribution in [0.1, 0.15) is 17.3 Å². The van der Waals surface area contributed by atoms with Crippen LogP contribution < -0.4 is 16.8 Å². The molecule has 0 aliphatic heterocycles. The van der Waals surface area contributed by atoms with Gasteiger partial charge >= 0.3 is 0 Å². The second-order valence-corrected chi connectivity index (χ2v) is 4.56. The van der Waals surface area contributed by atoms with Gasteiger partial charge in [-0.1, -0.05) is 0 Å². The van der Waals surface area contributed by atoms with Crippen LogP contribution in [-0.4, -0.2) is 21.7 Å². The third kappa shape index (κ3) is 3.05. The highest BCUT2D eigenvalue weighted by Gasteiger charge is 2.13. The number of nitrogens with one attached hydrogen (secondary N) is 1. The van der Waals surface area contributed by atoms with E-state index in [1.807, 2.05) is 19.2 Å². The number of primary amides is 1. The van der Waals surface area contributed by atoms with Crippen LogP contribution in [0.4, 0.5) is 15.8 Å². The van der Waals surface area contributed by atoms with Gasteiger partial charge in [0.25, 0.3) is 5.91 Å². The number of carbonyl (C=O) groups excluding carboxylic acids is 1. The Kier molecular flexibility index (Phi) is 3.88. The zero-order valence-corrected chi connectivity index (χ0v) is 11.0. The maximum absolute atomic E-state index is 13.8. The van der Waals surface area contributed by atoms with Crippen molar-refractivity contribution in [3.63, 3.8) is 0 Å². The van der Waals surface area contributed by atoms with Crippen molar-refractivity contribution >= 4 is 17.3 Å². The maximum Gasteiger partial charge on any atom is 0.250 e. The Bertz CT molecular complexity index is 611. The lowest BCUT2D eigenvalue weighted by Crippen LogP contribution is -2.23. The quantitative estimate of drug-likeness (QED) is 0.715. The Hall–Kier alpha value is -2.57. The predicted molar refractivity (Wildman–Crippen MR) is 74.6 cm³/mol. The van der Waals surface area contributed by atoms with Crippen molar-refractivity contribution in [3.05, 3.63) is 42.0 Å². The molecule has 20 heavy (non-hydrogen) atoms. The average molecular weight is 277 g/mol. The van der Waals surface area contributed by atoms with Gasteiger partial charge in [-0.25, -0.2) is 4.39 Å². The number of anilines is 2. The fraction of sp³-hybridized carbons (Fsp3) is 0.231. The maximum atomic E-state index is 13.8. The van der Waals surface area contributed by atoms with Crippen molar-refractivity contribution in [2.75, 3.05) is 11.1 Å². The van der Waals surface area contributed by atoms with Crippen LogP contribution in [0, 0.1) is 5.82 Å². The average Bonchev–Trinajstić information content (AvgIpc) is 2.84. The summed E-state index contributed by atoms with van der Waals surface area (Å²) < 4.78 is 15.5. The lowest BCUT2D eigenvalue weighted by Gasteiger charge is -2.17. The molecule has 0 spiro atoms. The SMILES string of the molecule is CC(Cn1cccn1)Nc1cc(C(N)=O)c(N)cc1F. The Labute approximate surface area is 115 Å². The van der Waals surface area contributed by atoms with Gasteiger partial charge in [0.2, 0.25) is 0 Å². The van der Waals surface area contributed by atoms with Crippen LogP contribution in [-0.2, 0) is 6.54 Å². The normalized spacial score (nSPS) is 12.1. The molecule has 5 N–H and O–H groups in total. The Morgan fingerprint density at radius 2 is 2.30 bits per heavy atom. The summed E-state index contributed by atoms with van der Waals surface area (Å²) in [5.74, 6) is -1.22. The highest BCUT2D eigenvalue weighted by Crippen LogP contribution is 2.22. The fourth-order valence-electron chi connectivity index (χ4n) is 1.91. The highest BCUT2D eigenvalue weighted by molar-refractivity contribution is 5.99. The minimum Gasteiger partial charge on any atom is -0.398 e. The van der Waals surface area contributed by atoms with Crippen molar-refractivity contribution in [2.24, 2.45) is 5.73 Å². The number of halogens is 1. The first-order valence-electron chi connectivity index (χ1n) is 6.10. The minimum absolute atomic E-state index is 0.0280. The summed E-state index contributed by atoms with van der Waals surface area (Å²) in [6.45, 7) is 2.43. The molecule has 0 aliphatic carbocycles. The summed E-state index contributed by atoms with van der Waals surface area (Å²) in [5.41, 5.74) is 11.1. The standard InChI is InChI=1S/C13H16FN5O/c1-8(7-19-4-2-3-17-19)18-12-5-9(13(16)20)11(15)6-10(12)14/h2-6,8,18H,7,15H2,1H3,(H2,16,20). The fourth-order valence-corrected chi connectivity index (χ4v) is 1.91. The molecule has 2 aromatic rings. The minimum atomic E-state index is -0.690. The number of rotatable bonds is 5. The molecule has 1 aromatic carbocycles. The van der Waals surface area contributed by atoms with Crippen molar-refractivity contribution in [2.45, 2.75) is 19.5 Å². The molecule has 7 heteroatoms. The van der Waals surface area contributed by atoms with Crippen molar-refractivity contribution < 1.29 is 9.18 Å². The molecule has 1 unspecified atom stereocenters. The Balaban J connectivity index is 2.16. The molecule has 0 saturated carbocycles. The smallest absolute Gasteiger partial charge is 0.250 e. The largest absolute Gasteiger partial charge is 0.398 e. The van der Waals surface area contributed by atoms with E-state index in [4.69, 9.17) is 11.5 Å². The molecule has 2 rings (SSSR count). The molecule has 0 fully saturated rings. The first-order valence-corrected chi connectivity index (χ1v) is 6.10. The lowest BCUT2D eigenvalue weighted by atomic mass is 10.1. The van der Waals surface area contributed by atoms with Crippen LogP contribution in [0.5, 0.6) is 0 Å². The van der Waals surface area contributed by atoms with Gasteiger partial charge in [0, 0.05) is 24.1 Å². The number of benzene rings is 1. The van der Waals surface area contributed by atoms with Gasteiger partial charge in [0.05, 0.1) is 17.8 Å². The number of nitrogen functional groups attached to an aromatic ring is 1. The topological polar surface area (TPSA) is 99.0 Å². The van der Waals surface area contributed by atoms with E-state index in [2.05, 4.69) is 10.4 Å². The zero-order chi connectivity index (χ0) is 14.7. The van der Waals surface area contributed by atoms with E-state index in [9.17, 15) is 9.18 Å². The third-order valence-corrected chi connectivity index (χ3v) is 2.83. The number of hydrogen-bond acceptors (Lipinski definition) is 4. The number of amides is 1. The Morgan fingerprint density at radius 1 is 1.55 bits per heavy atom. The van der Waals surface area contributed by atoms with E-state index in [-0.39, 0.29) is 23.0 Å². The monoisotopic (exact) mass is 277 g/mol. The summed E-state index contributed by atoms with van der Waals surface area (Å²) in [4.78, 5) is 11.2. The zero-order valence-electron chi connectivity index (χ0n) is 11.0. The number of hydrogen-bond donors (Lipinski definition) is 3. The Morgan fingerprint density at radius 3 is 2.90 bits per heavy atom. The number of nitrogens with zero attached hydrogens (tertiary/aromatic N) is 2. The molecule has 6 nitrogen and oxygen atoms in total. The molecular weight excluding hydrogens is 261 g/mol. The molecule has 1 amide bonds. The van der Waals surface area contributed by atoms with Gasteiger partial charge in [0.1, 0.15) is 5.82 Å². The lowest BCUT2D eigenvalue weighted by molar-refractivity contribution is 0.100. The van der Waals surface area contributed by atoms with Gasteiger partial charge in [0.15, 0.2) is 0 Å². The highest BCUT2D eigenvalue weighted by atomic mass is 19.1. The number of aromatic nitrogens is 2. The van der Waals surface area contributed by atoms with Gasteiger partial charge in [-0.15, -0.1) is 0 Å². The van der Waals surface area contributed by atoms with E-state index in [1.54, 1.807) is 10.9 Å². The third-order valence-electron chi connectivity index (χ3n) is 2.83. The van der Waals surface area contributed by atoms with Crippen molar-refractivity contribution in [3.8, 4) is 0 Å². The van der Waals surface area contributed by atoms with Crippen LogP contribution in [0.3, 0.4) is 0 Å². The molecule has 1 heterocycles. The second-order valence-electron chi connectivity index (χ2n) is 4.56. The van der Waals surface area contributed by atoms with Gasteiger partial charge in [-0.05, 0) is 25.1 Å². The van der Waals surface area contributed by atoms with Gasteiger partial charge in [-0.3, -0.25) is 9.48 Å². The second kappa shape index (κ2) is 5.60. The molecule has 1 aromatic heterocycles. The van der Waals surface area contributed by atoms with E-state index in [0.717, 1.165) is 6.07 Å². The van der Waals surface area contributed by atoms with Crippen LogP contribution in [0.25, 0.3) is 0 Å². The van der Waals surface area contributed by atoms with Crippen LogP contribution in [0.15, 0.2) is 30.6 Å². The van der Waals surface area contributed by atoms with Crippen LogP contribution >= 0.6 is 0 Å². The summed E-state index contributed by atoms with van der Waals surface area (Å²) in [6.07, 6.45) is 3.48. The van der Waals surface area contributed by atoms with E-state index in [0.29, 0.717) is 6.54 Å². The van der Waals surface area contributed by atoms with Crippen molar-refractivity contribution in [1.29, 1.82) is 0 Å². The van der Waals surface area contributed by atoms with E-state index in [1.165, 1.54) is 6.07 Å². The number of nitrogens with two attached hydrogens (primary N) is 2. The van der Waals surface area contributed by atoms with Crippen LogP contribution in [0.2, 0.25) is 0 Å². The molecule has 0 aliphatic rings. The van der Waals surface area contributed by atoms with Gasteiger partial charge in [-0.2, -0.15) is 5.10 Å². The van der Waals surface area contributed by atoms with Gasteiger partial charge < -0.3 is 16.8 Å². The summed E-state index contributed by atoms with van der Waals surface area (Å²) in [5, 5.41) is 7.04. The molecule has 106 valence electrons. The number of carbonyl (C=O) groups is 1. The first-order chi connectivity index (χ1) is 9.47. The first kappa shape index (κ1) is 13.9. The summed E-state index contributed by atoms with van der Waals surface area (Å²) >= 11 is 0. The molecular formula is C13H16FN5O. The summed E-state index contributed by atoms with van der Waals surface area (Å²) in [7, 11) is 0. The molecule has 1 atom stereocenters. The van der Waals surface area contributed by atoms with E-state index < -0.39 is 11.7 Å². The predicted octanol–water partition coefficient (Wildman–Crippen LogP) is 1.20. The van der Waals surface area contributed by atoms with E-state index >= 15 is 0 Å². The molecule has 0 saturated heterocycles. The molecule has 0 radical (unpaired) electrons. The molecule has 0 bridgehead atoms. The van der Waals surface area contributed by atoms with Crippen molar-refractivity contribution in [1.82, 2.24) is 9.78 Å².